The van der Waals surface area contributed by atoms with Crippen molar-refractivity contribution in [2.45, 2.75) is 13.5 Å². The largest absolute Gasteiger partial charge is 0.292 e. The van der Waals surface area contributed by atoms with Crippen molar-refractivity contribution in [3.05, 3.63) is 105 Å². The van der Waals surface area contributed by atoms with E-state index in [1.807, 2.05) is 90.4 Å². The molecule has 3 aromatic carbocycles. The maximum absolute atomic E-state index is 13.8. The predicted octanol–water partition coefficient (Wildman–Crippen LogP) is 5.40. The number of para-hydroxylation sites is 2. The number of halogens is 1. The van der Waals surface area contributed by atoms with Gasteiger partial charge in [-0.2, -0.15) is 0 Å². The highest BCUT2D eigenvalue weighted by atomic mass is 79.9. The quantitative estimate of drug-likeness (QED) is 0.329. The number of rotatable bonds is 3. The van der Waals surface area contributed by atoms with Crippen molar-refractivity contribution in [2.75, 3.05) is 0 Å². The molecule has 0 spiro atoms. The molecule has 6 nitrogen and oxygen atoms in total. The van der Waals surface area contributed by atoms with Crippen molar-refractivity contribution in [3.63, 3.8) is 0 Å². The summed E-state index contributed by atoms with van der Waals surface area (Å²) in [6.07, 6.45) is 0. The zero-order valence-electron chi connectivity index (χ0n) is 17.7. The molecule has 0 saturated carbocycles. The van der Waals surface area contributed by atoms with Crippen LogP contribution in [-0.4, -0.2) is 24.1 Å². The Bertz CT molecular complexity index is 1720. The number of aromatic nitrogens is 5. The van der Waals surface area contributed by atoms with Gasteiger partial charge in [0, 0.05) is 10.2 Å². The second-order valence-electron chi connectivity index (χ2n) is 7.93. The Balaban J connectivity index is 1.73. The first-order chi connectivity index (χ1) is 16.1. The van der Waals surface area contributed by atoms with Gasteiger partial charge in [0.1, 0.15) is 16.7 Å². The standard InChI is InChI=1S/C26H18BrN5O/c1-16-28-24-22(26(33)31(16)15-17-7-3-2-4-8-17)23-25(30-21-10-6-5-9-20(21)29-23)32(24)19-13-11-18(27)12-14-19/h2-14H,15H2,1H3. The van der Waals surface area contributed by atoms with E-state index < -0.39 is 0 Å². The Hall–Kier alpha value is -3.84. The van der Waals surface area contributed by atoms with Gasteiger partial charge in [-0.3, -0.25) is 13.9 Å². The molecule has 0 N–H and O–H groups in total. The average Bonchev–Trinajstić information content (AvgIpc) is 3.14. The van der Waals surface area contributed by atoms with Crippen LogP contribution >= 0.6 is 15.9 Å². The van der Waals surface area contributed by atoms with E-state index in [-0.39, 0.29) is 5.56 Å². The first-order valence-corrected chi connectivity index (χ1v) is 11.4. The zero-order chi connectivity index (χ0) is 22.5. The van der Waals surface area contributed by atoms with E-state index in [1.54, 1.807) is 4.57 Å². The molecule has 0 saturated heterocycles. The molecule has 0 radical (unpaired) electrons. The van der Waals surface area contributed by atoms with Crippen molar-refractivity contribution in [2.24, 2.45) is 0 Å². The van der Waals surface area contributed by atoms with Gasteiger partial charge >= 0.3 is 0 Å². The highest BCUT2D eigenvalue weighted by Gasteiger charge is 2.22. The van der Waals surface area contributed by atoms with E-state index >= 15 is 0 Å². The highest BCUT2D eigenvalue weighted by molar-refractivity contribution is 9.10. The van der Waals surface area contributed by atoms with Gasteiger partial charge in [-0.1, -0.05) is 58.4 Å². The van der Waals surface area contributed by atoms with E-state index in [0.29, 0.717) is 34.6 Å². The molecular formula is C26H18BrN5O. The van der Waals surface area contributed by atoms with Crippen molar-refractivity contribution in [1.82, 2.24) is 24.1 Å². The number of hydrogen-bond acceptors (Lipinski definition) is 4. The molecule has 0 aliphatic rings. The predicted molar refractivity (Wildman–Crippen MR) is 134 cm³/mol. The van der Waals surface area contributed by atoms with Crippen molar-refractivity contribution < 1.29 is 0 Å². The average molecular weight is 496 g/mol. The number of hydrogen-bond donors (Lipinski definition) is 0. The molecule has 7 heteroatoms. The molecule has 6 aromatic rings. The van der Waals surface area contributed by atoms with Gasteiger partial charge in [-0.05, 0) is 48.9 Å². The summed E-state index contributed by atoms with van der Waals surface area (Å²) in [5, 5.41) is 0.479. The van der Waals surface area contributed by atoms with Crippen molar-refractivity contribution >= 4 is 49.2 Å². The van der Waals surface area contributed by atoms with Crippen LogP contribution in [0.15, 0.2) is 88.1 Å². The lowest BCUT2D eigenvalue weighted by molar-refractivity contribution is 0.711. The highest BCUT2D eigenvalue weighted by Crippen LogP contribution is 2.29. The van der Waals surface area contributed by atoms with Crippen LogP contribution in [0, 0.1) is 6.92 Å². The van der Waals surface area contributed by atoms with Gasteiger partial charge in [-0.15, -0.1) is 0 Å². The summed E-state index contributed by atoms with van der Waals surface area (Å²) in [6, 6.07) is 25.5. The fraction of sp³-hybridized carbons (Fsp3) is 0.0769. The molecule has 160 valence electrons. The third kappa shape index (κ3) is 3.24. The Morgan fingerprint density at radius 1 is 0.788 bits per heavy atom. The fourth-order valence-corrected chi connectivity index (χ4v) is 4.48. The third-order valence-electron chi connectivity index (χ3n) is 5.82. The van der Waals surface area contributed by atoms with Crippen LogP contribution in [0.5, 0.6) is 0 Å². The molecule has 0 aliphatic carbocycles. The van der Waals surface area contributed by atoms with Crippen LogP contribution in [0.3, 0.4) is 0 Å². The van der Waals surface area contributed by atoms with E-state index in [0.717, 1.165) is 26.8 Å². The lowest BCUT2D eigenvalue weighted by Gasteiger charge is -2.11. The SMILES string of the molecule is Cc1nc2c(c(=O)n1Cc1ccccc1)c1nc3ccccc3nc1n2-c1ccc(Br)cc1. The number of benzene rings is 3. The number of fused-ring (bicyclic) bond motifs is 4. The minimum Gasteiger partial charge on any atom is -0.292 e. The fourth-order valence-electron chi connectivity index (χ4n) is 4.22. The topological polar surface area (TPSA) is 65.6 Å². The van der Waals surface area contributed by atoms with Gasteiger partial charge in [0.25, 0.3) is 5.56 Å². The molecule has 0 amide bonds. The zero-order valence-corrected chi connectivity index (χ0v) is 19.3. The molecule has 3 heterocycles. The first-order valence-electron chi connectivity index (χ1n) is 10.6. The summed E-state index contributed by atoms with van der Waals surface area (Å²) in [6.45, 7) is 2.31. The molecule has 3 aromatic heterocycles. The van der Waals surface area contributed by atoms with E-state index in [4.69, 9.17) is 15.0 Å². The summed E-state index contributed by atoms with van der Waals surface area (Å²) < 4.78 is 4.61. The number of nitrogens with zero attached hydrogens (tertiary/aromatic N) is 5. The molecule has 0 unspecified atom stereocenters. The second kappa shape index (κ2) is 7.64. The molecule has 0 fully saturated rings. The summed E-state index contributed by atoms with van der Waals surface area (Å²) in [4.78, 5) is 28.5. The third-order valence-corrected chi connectivity index (χ3v) is 6.35. The maximum atomic E-state index is 13.8. The molecule has 0 aliphatic heterocycles. The summed E-state index contributed by atoms with van der Waals surface area (Å²) in [5.41, 5.74) is 5.05. The summed E-state index contributed by atoms with van der Waals surface area (Å²) in [7, 11) is 0. The lowest BCUT2D eigenvalue weighted by Crippen LogP contribution is -2.24. The minimum absolute atomic E-state index is 0.119. The summed E-state index contributed by atoms with van der Waals surface area (Å²) >= 11 is 3.50. The normalized spacial score (nSPS) is 11.6. The monoisotopic (exact) mass is 495 g/mol. The Morgan fingerprint density at radius 2 is 1.45 bits per heavy atom. The summed E-state index contributed by atoms with van der Waals surface area (Å²) in [5.74, 6) is 0.641. The van der Waals surface area contributed by atoms with Crippen LogP contribution < -0.4 is 5.56 Å². The van der Waals surface area contributed by atoms with Crippen LogP contribution in [0.2, 0.25) is 0 Å². The van der Waals surface area contributed by atoms with Crippen molar-refractivity contribution in [3.8, 4) is 5.69 Å². The van der Waals surface area contributed by atoms with Gasteiger partial charge < -0.3 is 0 Å². The Kier molecular flexibility index (Phi) is 4.58. The Labute approximate surface area is 197 Å². The minimum atomic E-state index is -0.119. The maximum Gasteiger partial charge on any atom is 0.265 e. The van der Waals surface area contributed by atoms with Gasteiger partial charge in [-0.25, -0.2) is 15.0 Å². The molecule has 6 rings (SSSR count). The van der Waals surface area contributed by atoms with Crippen molar-refractivity contribution in [1.29, 1.82) is 0 Å². The van der Waals surface area contributed by atoms with Gasteiger partial charge in [0.05, 0.1) is 17.6 Å². The van der Waals surface area contributed by atoms with E-state index in [9.17, 15) is 4.79 Å². The molecule has 0 atom stereocenters. The smallest absolute Gasteiger partial charge is 0.265 e. The van der Waals surface area contributed by atoms with Gasteiger partial charge in [0.2, 0.25) is 0 Å². The first kappa shape index (κ1) is 19.8. The van der Waals surface area contributed by atoms with Crippen LogP contribution in [-0.2, 0) is 6.54 Å². The second-order valence-corrected chi connectivity index (χ2v) is 8.85. The lowest BCUT2D eigenvalue weighted by atomic mass is 10.2. The number of aryl methyl sites for hydroxylation is 1. The molecular weight excluding hydrogens is 478 g/mol. The molecule has 0 bridgehead atoms. The van der Waals surface area contributed by atoms with Crippen LogP contribution in [0.25, 0.3) is 38.9 Å². The van der Waals surface area contributed by atoms with E-state index in [1.165, 1.54) is 0 Å². The van der Waals surface area contributed by atoms with Crippen LogP contribution in [0.4, 0.5) is 0 Å². The van der Waals surface area contributed by atoms with Crippen LogP contribution in [0.1, 0.15) is 11.4 Å². The van der Waals surface area contributed by atoms with E-state index in [2.05, 4.69) is 15.9 Å². The Morgan fingerprint density at radius 3 is 2.18 bits per heavy atom. The van der Waals surface area contributed by atoms with Gasteiger partial charge in [0.15, 0.2) is 11.3 Å². The molecule has 33 heavy (non-hydrogen) atoms.